The Labute approximate surface area is 83.6 Å². The van der Waals surface area contributed by atoms with Gasteiger partial charge in [-0.15, -0.1) is 5.98 Å². The maximum absolute atomic E-state index is 2.63. The minimum Gasteiger partial charge on any atom is -0.295 e. The second kappa shape index (κ2) is 5.49. The molecule has 2 atom stereocenters. The van der Waals surface area contributed by atoms with E-state index in [1.807, 2.05) is 0 Å². The minimum absolute atomic E-state index is 0.623. The number of hydrogen-bond donors (Lipinski definition) is 0. The maximum Gasteiger partial charge on any atom is 0.129 e. The van der Waals surface area contributed by atoms with Crippen molar-refractivity contribution >= 4 is 7.85 Å². The summed E-state index contributed by atoms with van der Waals surface area (Å²) >= 11 is 0. The largest absolute Gasteiger partial charge is 0.295 e. The maximum atomic E-state index is 2.63. The Morgan fingerprint density at radius 1 is 1.38 bits per heavy atom. The van der Waals surface area contributed by atoms with E-state index in [2.05, 4.69) is 38.6 Å². The van der Waals surface area contributed by atoms with Crippen molar-refractivity contribution in [2.45, 2.75) is 51.6 Å². The second-order valence-corrected chi connectivity index (χ2v) is 4.20. The summed E-state index contributed by atoms with van der Waals surface area (Å²) in [6, 6.07) is 1.40. The highest BCUT2D eigenvalue weighted by molar-refractivity contribution is 6.17. The summed E-state index contributed by atoms with van der Waals surface area (Å²) < 4.78 is 0. The van der Waals surface area contributed by atoms with Gasteiger partial charge < -0.3 is 0 Å². The van der Waals surface area contributed by atoms with Crippen molar-refractivity contribution in [3.8, 4) is 0 Å². The Morgan fingerprint density at radius 3 is 2.85 bits per heavy atom. The summed E-state index contributed by atoms with van der Waals surface area (Å²) in [7, 11) is 2.11. The van der Waals surface area contributed by atoms with E-state index >= 15 is 0 Å². The summed E-state index contributed by atoms with van der Waals surface area (Å²) in [4.78, 5) is 2.63. The summed E-state index contributed by atoms with van der Waals surface area (Å²) in [5, 5.41) is 0. The van der Waals surface area contributed by atoms with Gasteiger partial charge in [-0.2, -0.15) is 0 Å². The molecule has 0 aliphatic carbocycles. The molecule has 1 aliphatic rings. The number of nitrogens with zero attached hydrogens (tertiary/aromatic N) is 1. The van der Waals surface area contributed by atoms with Crippen molar-refractivity contribution < 1.29 is 0 Å². The molecule has 1 saturated heterocycles. The van der Waals surface area contributed by atoms with Gasteiger partial charge in [0.1, 0.15) is 7.85 Å². The van der Waals surface area contributed by atoms with Crippen LogP contribution in [0.1, 0.15) is 39.5 Å². The highest BCUT2D eigenvalue weighted by Gasteiger charge is 2.19. The van der Waals surface area contributed by atoms with E-state index in [9.17, 15) is 0 Å². The van der Waals surface area contributed by atoms with Crippen molar-refractivity contribution in [1.82, 2.24) is 4.90 Å². The van der Waals surface area contributed by atoms with Crippen LogP contribution in [0.15, 0.2) is 12.1 Å². The summed E-state index contributed by atoms with van der Waals surface area (Å²) in [6.45, 7) is 5.96. The average Bonchev–Trinajstić information content (AvgIpc) is 2.30. The van der Waals surface area contributed by atoms with Crippen molar-refractivity contribution in [3.05, 3.63) is 12.1 Å². The first-order chi connectivity index (χ1) is 6.25. The molecule has 0 spiro atoms. The second-order valence-electron chi connectivity index (χ2n) is 4.20. The van der Waals surface area contributed by atoms with Crippen LogP contribution in [0.4, 0.5) is 0 Å². The van der Waals surface area contributed by atoms with E-state index in [4.69, 9.17) is 0 Å². The van der Waals surface area contributed by atoms with Gasteiger partial charge in [0.05, 0.1) is 0 Å². The molecule has 0 bridgehead atoms. The molecule has 1 heterocycles. The lowest BCUT2D eigenvalue weighted by molar-refractivity contribution is 0.185. The molecule has 0 aromatic rings. The van der Waals surface area contributed by atoms with Crippen molar-refractivity contribution in [3.63, 3.8) is 0 Å². The van der Waals surface area contributed by atoms with E-state index in [1.165, 1.54) is 32.2 Å². The molecule has 13 heavy (non-hydrogen) atoms. The van der Waals surface area contributed by atoms with E-state index in [0.717, 1.165) is 6.04 Å². The van der Waals surface area contributed by atoms with Crippen molar-refractivity contribution in [2.75, 3.05) is 6.54 Å². The lowest BCUT2D eigenvalue weighted by Gasteiger charge is -2.31. The molecule has 2 heteroatoms. The third kappa shape index (κ3) is 3.19. The molecular weight excluding hydrogens is 157 g/mol. The highest BCUT2D eigenvalue weighted by Crippen LogP contribution is 2.18. The van der Waals surface area contributed by atoms with Gasteiger partial charge in [0, 0.05) is 12.1 Å². The molecule has 1 rings (SSSR count). The smallest absolute Gasteiger partial charge is 0.129 e. The molecule has 2 unspecified atom stereocenters. The molecule has 1 nitrogen and oxygen atoms in total. The summed E-state index contributed by atoms with van der Waals surface area (Å²) in [5.41, 5.74) is 0. The van der Waals surface area contributed by atoms with Crippen molar-refractivity contribution in [1.29, 1.82) is 0 Å². The molecule has 1 aliphatic heterocycles. The fourth-order valence-electron chi connectivity index (χ4n) is 2.29. The molecule has 1 fully saturated rings. The lowest BCUT2D eigenvalue weighted by Crippen LogP contribution is -2.38. The van der Waals surface area contributed by atoms with Gasteiger partial charge in [-0.1, -0.05) is 18.9 Å². The molecule has 0 saturated carbocycles. The third-order valence-corrected chi connectivity index (χ3v) is 3.10. The van der Waals surface area contributed by atoms with Crippen LogP contribution in [0, 0.1) is 0 Å². The van der Waals surface area contributed by atoms with Crippen LogP contribution < -0.4 is 0 Å². The third-order valence-electron chi connectivity index (χ3n) is 3.10. The van der Waals surface area contributed by atoms with Gasteiger partial charge in [-0.05, 0) is 33.2 Å². The first-order valence-corrected chi connectivity index (χ1v) is 5.64. The molecule has 0 radical (unpaired) electrons. The molecule has 74 valence electrons. The zero-order valence-electron chi connectivity index (χ0n) is 9.29. The standard InChI is InChI=1S/C11H22BN/c1-10-6-4-3-5-9-13(10)11(2)7-8-12/h7-8,10-11H,3-6,9,12H2,1-2H3/b8-7+. The fourth-order valence-corrected chi connectivity index (χ4v) is 2.29. The first-order valence-electron chi connectivity index (χ1n) is 5.64. The van der Waals surface area contributed by atoms with Crippen LogP contribution in [-0.2, 0) is 0 Å². The predicted molar refractivity (Wildman–Crippen MR) is 61.8 cm³/mol. The SMILES string of the molecule is B/C=C/C(C)N1CCCCCC1C. The van der Waals surface area contributed by atoms with Gasteiger partial charge in [0.2, 0.25) is 0 Å². The van der Waals surface area contributed by atoms with Gasteiger partial charge in [0.25, 0.3) is 0 Å². The number of hydrogen-bond acceptors (Lipinski definition) is 1. The average molecular weight is 179 g/mol. The Bertz CT molecular complexity index is 167. The topological polar surface area (TPSA) is 3.24 Å². The zero-order valence-corrected chi connectivity index (χ0v) is 9.29. The highest BCUT2D eigenvalue weighted by atomic mass is 15.2. The Kier molecular flexibility index (Phi) is 4.58. The predicted octanol–water partition coefficient (Wildman–Crippen LogP) is 1.79. The van der Waals surface area contributed by atoms with Crippen LogP contribution in [0.25, 0.3) is 0 Å². The van der Waals surface area contributed by atoms with E-state index in [1.54, 1.807) is 0 Å². The monoisotopic (exact) mass is 179 g/mol. The van der Waals surface area contributed by atoms with Crippen LogP contribution in [0.2, 0.25) is 0 Å². The first kappa shape index (κ1) is 10.8. The molecule has 0 aromatic carbocycles. The van der Waals surface area contributed by atoms with Gasteiger partial charge in [0.15, 0.2) is 0 Å². The van der Waals surface area contributed by atoms with Gasteiger partial charge in [-0.3, -0.25) is 4.90 Å². The normalized spacial score (nSPS) is 28.9. The quantitative estimate of drug-likeness (QED) is 0.584. The fraction of sp³-hybridized carbons (Fsp3) is 0.818. The molecule has 0 amide bonds. The van der Waals surface area contributed by atoms with Crippen molar-refractivity contribution in [2.24, 2.45) is 0 Å². The Hall–Kier alpha value is -0.235. The summed E-state index contributed by atoms with van der Waals surface area (Å²) in [6.07, 6.45) is 7.90. The van der Waals surface area contributed by atoms with E-state index < -0.39 is 0 Å². The minimum atomic E-state index is 0.623. The molecule has 0 N–H and O–H groups in total. The summed E-state index contributed by atoms with van der Waals surface area (Å²) in [5.74, 6) is 2.17. The van der Waals surface area contributed by atoms with Crippen LogP contribution in [-0.4, -0.2) is 31.4 Å². The molecular formula is C11H22BN. The Balaban J connectivity index is 2.53. The van der Waals surface area contributed by atoms with Crippen LogP contribution in [0.5, 0.6) is 0 Å². The number of likely N-dealkylation sites (tertiary alicyclic amines) is 1. The zero-order chi connectivity index (χ0) is 9.68. The van der Waals surface area contributed by atoms with Crippen LogP contribution >= 0.6 is 0 Å². The van der Waals surface area contributed by atoms with E-state index in [-0.39, 0.29) is 0 Å². The van der Waals surface area contributed by atoms with Gasteiger partial charge >= 0.3 is 0 Å². The van der Waals surface area contributed by atoms with Crippen LogP contribution in [0.3, 0.4) is 0 Å². The van der Waals surface area contributed by atoms with E-state index in [0.29, 0.717) is 6.04 Å². The Morgan fingerprint density at radius 2 is 2.15 bits per heavy atom. The van der Waals surface area contributed by atoms with Gasteiger partial charge in [-0.25, -0.2) is 0 Å². The molecule has 0 aromatic heterocycles. The number of rotatable bonds is 2. The lowest BCUT2D eigenvalue weighted by atomic mass is 10.1.